The Morgan fingerprint density at radius 2 is 1.72 bits per heavy atom. The quantitative estimate of drug-likeness (QED) is 0.789. The van der Waals surface area contributed by atoms with Crippen LogP contribution in [-0.4, -0.2) is 6.04 Å². The van der Waals surface area contributed by atoms with E-state index in [1.807, 2.05) is 6.07 Å². The fourth-order valence-corrected chi connectivity index (χ4v) is 2.40. The highest BCUT2D eigenvalue weighted by Gasteiger charge is 2.41. The fourth-order valence-electron chi connectivity index (χ4n) is 2.40. The van der Waals surface area contributed by atoms with Crippen LogP contribution >= 0.6 is 0 Å². The molecule has 1 aliphatic rings. The first kappa shape index (κ1) is 13.1. The average molecular weight is 241 g/mol. The Balaban J connectivity index is 2.46. The summed E-state index contributed by atoms with van der Waals surface area (Å²) in [4.78, 5) is 0. The monoisotopic (exact) mass is 241 g/mol. The summed E-state index contributed by atoms with van der Waals surface area (Å²) in [5.41, 5.74) is 8.96. The Morgan fingerprint density at radius 3 is 2.28 bits per heavy atom. The second kappa shape index (κ2) is 4.40. The summed E-state index contributed by atoms with van der Waals surface area (Å²) in [6.45, 7) is 9.02. The zero-order chi connectivity index (χ0) is 13.4. The molecule has 2 atom stereocenters. The molecular weight excluding hydrogens is 218 g/mol. The van der Waals surface area contributed by atoms with E-state index in [4.69, 9.17) is 5.73 Å². The first-order valence-electron chi connectivity index (χ1n) is 6.57. The maximum absolute atomic E-state index is 6.31. The summed E-state index contributed by atoms with van der Waals surface area (Å²) in [6, 6.07) is 10.6. The molecule has 0 spiro atoms. The van der Waals surface area contributed by atoms with Crippen molar-refractivity contribution in [2.75, 3.05) is 0 Å². The fraction of sp³-hybridized carbons (Fsp3) is 0.412. The van der Waals surface area contributed by atoms with Crippen molar-refractivity contribution < 1.29 is 0 Å². The third kappa shape index (κ3) is 2.15. The van der Waals surface area contributed by atoms with E-state index in [9.17, 15) is 0 Å². The van der Waals surface area contributed by atoms with Gasteiger partial charge in [-0.15, -0.1) is 0 Å². The van der Waals surface area contributed by atoms with Crippen molar-refractivity contribution in [3.05, 3.63) is 54.1 Å². The molecule has 1 aromatic carbocycles. The molecule has 0 bridgehead atoms. The molecule has 1 aromatic rings. The molecule has 18 heavy (non-hydrogen) atoms. The zero-order valence-electron chi connectivity index (χ0n) is 11.8. The largest absolute Gasteiger partial charge is 0.324 e. The second-order valence-electron chi connectivity index (χ2n) is 6.38. The molecule has 0 amide bonds. The van der Waals surface area contributed by atoms with Crippen molar-refractivity contribution in [3.63, 3.8) is 0 Å². The van der Waals surface area contributed by atoms with Gasteiger partial charge in [0.2, 0.25) is 0 Å². The normalized spacial score (nSPS) is 28.1. The average Bonchev–Trinajstić information content (AvgIpc) is 2.32. The van der Waals surface area contributed by atoms with E-state index in [1.165, 1.54) is 11.1 Å². The molecule has 0 saturated heterocycles. The third-order valence-electron chi connectivity index (χ3n) is 4.35. The number of hydrogen-bond donors (Lipinski definition) is 1. The van der Waals surface area contributed by atoms with E-state index in [0.29, 0.717) is 0 Å². The molecule has 0 fully saturated rings. The maximum atomic E-state index is 6.31. The molecular formula is C17H23N. The summed E-state index contributed by atoms with van der Waals surface area (Å²) < 4.78 is 0. The van der Waals surface area contributed by atoms with E-state index >= 15 is 0 Å². The summed E-state index contributed by atoms with van der Waals surface area (Å²) >= 11 is 0. The van der Waals surface area contributed by atoms with Gasteiger partial charge in [-0.3, -0.25) is 0 Å². The molecule has 0 aromatic heterocycles. The first-order chi connectivity index (χ1) is 8.34. The molecule has 1 heteroatoms. The molecule has 1 aliphatic carbocycles. The Morgan fingerprint density at radius 1 is 1.11 bits per heavy atom. The van der Waals surface area contributed by atoms with E-state index < -0.39 is 0 Å². The summed E-state index contributed by atoms with van der Waals surface area (Å²) in [5.74, 6) is 0. The van der Waals surface area contributed by atoms with Gasteiger partial charge in [0.1, 0.15) is 0 Å². The third-order valence-corrected chi connectivity index (χ3v) is 4.35. The van der Waals surface area contributed by atoms with Gasteiger partial charge in [0, 0.05) is 11.5 Å². The van der Waals surface area contributed by atoms with E-state index in [2.05, 4.69) is 70.2 Å². The molecule has 96 valence electrons. The van der Waals surface area contributed by atoms with Gasteiger partial charge >= 0.3 is 0 Å². The van der Waals surface area contributed by atoms with Gasteiger partial charge in [0.15, 0.2) is 0 Å². The Kier molecular flexibility index (Phi) is 3.20. The van der Waals surface area contributed by atoms with Crippen LogP contribution in [0.1, 0.15) is 33.3 Å². The summed E-state index contributed by atoms with van der Waals surface area (Å²) in [5, 5.41) is 0. The standard InChI is InChI=1S/C17H23N/c1-16(2,3)17(4)12-14(10-11-15(17)18)13-8-6-5-7-9-13/h5-12,15H,18H2,1-4H3. The summed E-state index contributed by atoms with van der Waals surface area (Å²) in [6.07, 6.45) is 6.62. The first-order valence-corrected chi connectivity index (χ1v) is 6.57. The lowest BCUT2D eigenvalue weighted by Gasteiger charge is -2.45. The molecule has 0 radical (unpaired) electrons. The van der Waals surface area contributed by atoms with Gasteiger partial charge in [-0.1, -0.05) is 76.3 Å². The van der Waals surface area contributed by atoms with Crippen molar-refractivity contribution in [2.24, 2.45) is 16.6 Å². The molecule has 2 N–H and O–H groups in total. The van der Waals surface area contributed by atoms with Crippen LogP contribution in [0.3, 0.4) is 0 Å². The lowest BCUT2D eigenvalue weighted by molar-refractivity contribution is 0.150. The minimum atomic E-state index is -0.0209. The van der Waals surface area contributed by atoms with Crippen LogP contribution in [0.4, 0.5) is 0 Å². The second-order valence-corrected chi connectivity index (χ2v) is 6.38. The van der Waals surface area contributed by atoms with Crippen molar-refractivity contribution in [1.29, 1.82) is 0 Å². The minimum Gasteiger partial charge on any atom is -0.324 e. The predicted octanol–water partition coefficient (Wildman–Crippen LogP) is 4.02. The van der Waals surface area contributed by atoms with Crippen LogP contribution in [0.2, 0.25) is 0 Å². The molecule has 0 saturated carbocycles. The van der Waals surface area contributed by atoms with Crippen molar-refractivity contribution >= 4 is 5.57 Å². The van der Waals surface area contributed by atoms with Gasteiger partial charge in [-0.05, 0) is 16.6 Å². The highest BCUT2D eigenvalue weighted by Crippen LogP contribution is 2.46. The minimum absolute atomic E-state index is 0.0209. The SMILES string of the molecule is CC(C)(C)C1(C)C=C(c2ccccc2)C=CC1N. The number of nitrogens with two attached hydrogens (primary N) is 1. The summed E-state index contributed by atoms with van der Waals surface area (Å²) in [7, 11) is 0. The molecule has 0 heterocycles. The number of benzene rings is 1. The van der Waals surface area contributed by atoms with Gasteiger partial charge in [-0.2, -0.15) is 0 Å². The predicted molar refractivity (Wildman–Crippen MR) is 79.1 cm³/mol. The Bertz CT molecular complexity index is 476. The van der Waals surface area contributed by atoms with Crippen molar-refractivity contribution in [3.8, 4) is 0 Å². The molecule has 2 unspecified atom stereocenters. The van der Waals surface area contributed by atoms with Gasteiger partial charge < -0.3 is 5.73 Å². The molecule has 0 aliphatic heterocycles. The number of rotatable bonds is 1. The topological polar surface area (TPSA) is 26.0 Å². The van der Waals surface area contributed by atoms with Crippen LogP contribution < -0.4 is 5.73 Å². The van der Waals surface area contributed by atoms with Crippen molar-refractivity contribution in [2.45, 2.75) is 33.7 Å². The number of allylic oxidation sites excluding steroid dienone is 2. The lowest BCUT2D eigenvalue weighted by Crippen LogP contribution is -2.47. The highest BCUT2D eigenvalue weighted by atomic mass is 14.7. The van der Waals surface area contributed by atoms with Gasteiger partial charge in [0.25, 0.3) is 0 Å². The van der Waals surface area contributed by atoms with Crippen LogP contribution in [-0.2, 0) is 0 Å². The van der Waals surface area contributed by atoms with E-state index in [0.717, 1.165) is 0 Å². The van der Waals surface area contributed by atoms with Crippen LogP contribution in [0, 0.1) is 10.8 Å². The van der Waals surface area contributed by atoms with E-state index in [1.54, 1.807) is 0 Å². The van der Waals surface area contributed by atoms with Crippen LogP contribution in [0.15, 0.2) is 48.6 Å². The highest BCUT2D eigenvalue weighted by molar-refractivity contribution is 5.76. The smallest absolute Gasteiger partial charge is 0.0322 e. The lowest BCUT2D eigenvalue weighted by atomic mass is 9.61. The number of hydrogen-bond acceptors (Lipinski definition) is 1. The Hall–Kier alpha value is -1.34. The zero-order valence-corrected chi connectivity index (χ0v) is 11.8. The molecule has 2 rings (SSSR count). The van der Waals surface area contributed by atoms with Crippen molar-refractivity contribution in [1.82, 2.24) is 0 Å². The van der Waals surface area contributed by atoms with E-state index in [-0.39, 0.29) is 16.9 Å². The maximum Gasteiger partial charge on any atom is 0.0322 e. The Labute approximate surface area is 110 Å². The van der Waals surface area contributed by atoms with Crippen LogP contribution in [0.25, 0.3) is 5.57 Å². The van der Waals surface area contributed by atoms with Gasteiger partial charge in [0.05, 0.1) is 0 Å². The molecule has 1 nitrogen and oxygen atoms in total. The van der Waals surface area contributed by atoms with Gasteiger partial charge in [-0.25, -0.2) is 0 Å². The van der Waals surface area contributed by atoms with Crippen LogP contribution in [0.5, 0.6) is 0 Å².